The van der Waals surface area contributed by atoms with Crippen LogP contribution in [0.5, 0.6) is 0 Å². The Morgan fingerprint density at radius 3 is 2.73 bits per heavy atom. The van der Waals surface area contributed by atoms with Crippen LogP contribution in [0.3, 0.4) is 0 Å². The van der Waals surface area contributed by atoms with E-state index in [9.17, 15) is 9.59 Å². The van der Waals surface area contributed by atoms with Crippen LogP contribution in [0.2, 0.25) is 0 Å². The Kier molecular flexibility index (Phi) is 6.08. The second kappa shape index (κ2) is 8.49. The molecular weight excluding hydrogens is 348 g/mol. The van der Waals surface area contributed by atoms with Crippen molar-refractivity contribution >= 4 is 29.1 Å². The number of amides is 1. The standard InChI is InChI=1S/C19H24N4O2S/c1-13(24)15-9-6-10-16(11-15)20-17(25)12-26-19-22-21-18(23(19)2)14-7-4-3-5-8-14/h6,9-11,14H,3-5,7-8,12H2,1-2H3,(H,20,25). The number of carbonyl (C=O) groups is 2. The van der Waals surface area contributed by atoms with Gasteiger partial charge < -0.3 is 9.88 Å². The lowest BCUT2D eigenvalue weighted by Crippen LogP contribution is -2.15. The smallest absolute Gasteiger partial charge is 0.234 e. The number of ketones is 1. The molecule has 1 amide bonds. The van der Waals surface area contributed by atoms with Crippen LogP contribution in [-0.4, -0.2) is 32.2 Å². The lowest BCUT2D eigenvalue weighted by Gasteiger charge is -2.20. The average Bonchev–Trinajstić information content (AvgIpc) is 3.01. The summed E-state index contributed by atoms with van der Waals surface area (Å²) in [6.07, 6.45) is 6.15. The van der Waals surface area contributed by atoms with Gasteiger partial charge in [-0.25, -0.2) is 0 Å². The predicted octanol–water partition coefficient (Wildman–Crippen LogP) is 3.80. The van der Waals surface area contributed by atoms with Crippen LogP contribution in [0.4, 0.5) is 5.69 Å². The van der Waals surface area contributed by atoms with E-state index < -0.39 is 0 Å². The van der Waals surface area contributed by atoms with Gasteiger partial charge in [-0.1, -0.05) is 43.2 Å². The minimum Gasteiger partial charge on any atom is -0.325 e. The van der Waals surface area contributed by atoms with Gasteiger partial charge in [-0.3, -0.25) is 9.59 Å². The molecular formula is C19H24N4O2S. The first kappa shape index (κ1) is 18.6. The number of hydrogen-bond donors (Lipinski definition) is 1. The molecule has 0 atom stereocenters. The monoisotopic (exact) mass is 372 g/mol. The molecule has 0 saturated heterocycles. The van der Waals surface area contributed by atoms with Crippen molar-refractivity contribution in [1.82, 2.24) is 14.8 Å². The molecule has 26 heavy (non-hydrogen) atoms. The van der Waals surface area contributed by atoms with Gasteiger partial charge in [0.25, 0.3) is 0 Å². The summed E-state index contributed by atoms with van der Waals surface area (Å²) in [5.41, 5.74) is 1.21. The number of hydrogen-bond acceptors (Lipinski definition) is 5. The number of benzene rings is 1. The molecule has 1 N–H and O–H groups in total. The van der Waals surface area contributed by atoms with Gasteiger partial charge in [0.1, 0.15) is 5.82 Å². The summed E-state index contributed by atoms with van der Waals surface area (Å²) < 4.78 is 2.02. The van der Waals surface area contributed by atoms with Crippen molar-refractivity contribution in [2.75, 3.05) is 11.1 Å². The first-order chi connectivity index (χ1) is 12.5. The molecule has 1 fully saturated rings. The van der Waals surface area contributed by atoms with Gasteiger partial charge in [0.05, 0.1) is 5.75 Å². The van der Waals surface area contributed by atoms with E-state index in [-0.39, 0.29) is 17.4 Å². The Morgan fingerprint density at radius 1 is 1.23 bits per heavy atom. The summed E-state index contributed by atoms with van der Waals surface area (Å²) >= 11 is 1.38. The highest BCUT2D eigenvalue weighted by molar-refractivity contribution is 7.99. The highest BCUT2D eigenvalue weighted by atomic mass is 32.2. The molecule has 1 aliphatic carbocycles. The van der Waals surface area contributed by atoms with Crippen molar-refractivity contribution in [3.63, 3.8) is 0 Å². The largest absolute Gasteiger partial charge is 0.325 e. The fraction of sp³-hybridized carbons (Fsp3) is 0.474. The highest BCUT2D eigenvalue weighted by Crippen LogP contribution is 2.32. The number of Topliss-reactive ketones (excluding diaryl/α,β-unsaturated/α-hetero) is 1. The number of anilines is 1. The van der Waals surface area contributed by atoms with Crippen LogP contribution < -0.4 is 5.32 Å². The third kappa shape index (κ3) is 4.52. The third-order valence-corrected chi connectivity index (χ3v) is 5.74. The molecule has 1 aliphatic rings. The SMILES string of the molecule is CC(=O)c1cccc(NC(=O)CSc2nnc(C3CCCCC3)n2C)c1. The number of rotatable bonds is 6. The molecule has 2 aromatic rings. The van der Waals surface area contributed by atoms with E-state index in [2.05, 4.69) is 15.5 Å². The fourth-order valence-electron chi connectivity index (χ4n) is 3.31. The molecule has 0 spiro atoms. The van der Waals surface area contributed by atoms with Crippen molar-refractivity contribution in [2.45, 2.75) is 50.1 Å². The topological polar surface area (TPSA) is 76.9 Å². The van der Waals surface area contributed by atoms with Gasteiger partial charge in [0, 0.05) is 24.2 Å². The van der Waals surface area contributed by atoms with Crippen LogP contribution in [0.15, 0.2) is 29.4 Å². The number of carbonyl (C=O) groups excluding carboxylic acids is 2. The Morgan fingerprint density at radius 2 is 2.00 bits per heavy atom. The van der Waals surface area contributed by atoms with Crippen molar-refractivity contribution < 1.29 is 9.59 Å². The zero-order chi connectivity index (χ0) is 18.5. The lowest BCUT2D eigenvalue weighted by atomic mass is 9.89. The summed E-state index contributed by atoms with van der Waals surface area (Å²) in [5.74, 6) is 1.62. The summed E-state index contributed by atoms with van der Waals surface area (Å²) in [6.45, 7) is 1.51. The highest BCUT2D eigenvalue weighted by Gasteiger charge is 2.22. The van der Waals surface area contributed by atoms with Crippen molar-refractivity contribution in [2.24, 2.45) is 7.05 Å². The van der Waals surface area contributed by atoms with Gasteiger partial charge >= 0.3 is 0 Å². The maximum atomic E-state index is 12.2. The van der Waals surface area contributed by atoms with E-state index in [4.69, 9.17) is 0 Å². The van der Waals surface area contributed by atoms with Gasteiger partial charge in [-0.05, 0) is 31.9 Å². The quantitative estimate of drug-likeness (QED) is 0.616. The summed E-state index contributed by atoms with van der Waals surface area (Å²) in [5, 5.41) is 12.2. The molecule has 3 rings (SSSR count). The van der Waals surface area contributed by atoms with Crippen LogP contribution in [0.1, 0.15) is 61.1 Å². The predicted molar refractivity (Wildman–Crippen MR) is 103 cm³/mol. The molecule has 1 aromatic heterocycles. The Labute approximate surface area is 157 Å². The van der Waals surface area contributed by atoms with E-state index in [1.165, 1.54) is 50.8 Å². The van der Waals surface area contributed by atoms with Crippen LogP contribution in [0.25, 0.3) is 0 Å². The number of nitrogens with one attached hydrogen (secondary N) is 1. The molecule has 0 unspecified atom stereocenters. The van der Waals surface area contributed by atoms with Gasteiger partial charge in [0.15, 0.2) is 10.9 Å². The maximum Gasteiger partial charge on any atom is 0.234 e. The molecule has 0 radical (unpaired) electrons. The minimum absolute atomic E-state index is 0.0233. The van der Waals surface area contributed by atoms with E-state index >= 15 is 0 Å². The molecule has 7 heteroatoms. The van der Waals surface area contributed by atoms with E-state index in [0.29, 0.717) is 17.2 Å². The minimum atomic E-state index is -0.127. The van der Waals surface area contributed by atoms with Gasteiger partial charge in [-0.2, -0.15) is 0 Å². The maximum absolute atomic E-state index is 12.2. The van der Waals surface area contributed by atoms with E-state index in [1.807, 2.05) is 11.6 Å². The Hall–Kier alpha value is -2.15. The molecule has 138 valence electrons. The third-order valence-electron chi connectivity index (χ3n) is 4.72. The second-order valence-electron chi connectivity index (χ2n) is 6.71. The summed E-state index contributed by atoms with van der Waals surface area (Å²) in [4.78, 5) is 23.6. The van der Waals surface area contributed by atoms with Gasteiger partial charge in [-0.15, -0.1) is 10.2 Å². The Balaban J connectivity index is 1.57. The van der Waals surface area contributed by atoms with Crippen molar-refractivity contribution in [1.29, 1.82) is 0 Å². The number of thioether (sulfide) groups is 1. The molecule has 0 bridgehead atoms. The zero-order valence-electron chi connectivity index (χ0n) is 15.2. The normalized spacial score (nSPS) is 15.0. The van der Waals surface area contributed by atoms with Gasteiger partial charge in [0.2, 0.25) is 5.91 Å². The Bertz CT molecular complexity index is 797. The van der Waals surface area contributed by atoms with Crippen molar-refractivity contribution in [3.05, 3.63) is 35.7 Å². The number of nitrogens with zero attached hydrogens (tertiary/aromatic N) is 3. The molecule has 6 nitrogen and oxygen atoms in total. The van der Waals surface area contributed by atoms with E-state index in [0.717, 1.165) is 11.0 Å². The molecule has 1 aromatic carbocycles. The van der Waals surface area contributed by atoms with E-state index in [1.54, 1.807) is 24.3 Å². The molecule has 1 heterocycles. The van der Waals surface area contributed by atoms with Crippen LogP contribution in [0, 0.1) is 0 Å². The average molecular weight is 372 g/mol. The first-order valence-electron chi connectivity index (χ1n) is 8.97. The molecule has 0 aliphatic heterocycles. The fourth-order valence-corrected chi connectivity index (χ4v) is 4.03. The summed E-state index contributed by atoms with van der Waals surface area (Å²) in [7, 11) is 1.97. The van der Waals surface area contributed by atoms with Crippen LogP contribution >= 0.6 is 11.8 Å². The molecule has 1 saturated carbocycles. The van der Waals surface area contributed by atoms with Crippen molar-refractivity contribution in [3.8, 4) is 0 Å². The second-order valence-corrected chi connectivity index (χ2v) is 7.65. The zero-order valence-corrected chi connectivity index (χ0v) is 16.0. The summed E-state index contributed by atoms with van der Waals surface area (Å²) in [6, 6.07) is 6.96. The number of aromatic nitrogens is 3. The lowest BCUT2D eigenvalue weighted by molar-refractivity contribution is -0.113. The van der Waals surface area contributed by atoms with Crippen LogP contribution in [-0.2, 0) is 11.8 Å². The first-order valence-corrected chi connectivity index (χ1v) is 9.96.